The van der Waals surface area contributed by atoms with Crippen LogP contribution in [0.3, 0.4) is 0 Å². The average Bonchev–Trinajstić information content (AvgIpc) is 3.24. The van der Waals surface area contributed by atoms with Crippen molar-refractivity contribution in [3.63, 3.8) is 0 Å². The van der Waals surface area contributed by atoms with Gasteiger partial charge in [0.1, 0.15) is 18.1 Å². The lowest BCUT2D eigenvalue weighted by atomic mass is 10.2. The highest BCUT2D eigenvalue weighted by Gasteiger charge is 2.21. The van der Waals surface area contributed by atoms with Gasteiger partial charge in [0.15, 0.2) is 9.84 Å². The molecule has 0 fully saturated rings. The SMILES string of the molecule is Cc1nn(-c2ccccc2)c(C)c1CN(C)C(=O)Cn1c(CS(C)(=O)=O)nc2ccccc21. The maximum atomic E-state index is 13.2. The third-order valence-electron chi connectivity index (χ3n) is 5.68. The summed E-state index contributed by atoms with van der Waals surface area (Å²) in [5.74, 6) is 0.00432. The zero-order valence-electron chi connectivity index (χ0n) is 19.2. The molecule has 4 rings (SSSR count). The van der Waals surface area contributed by atoms with Gasteiger partial charge in [-0.2, -0.15) is 5.10 Å². The third-order valence-corrected chi connectivity index (χ3v) is 6.46. The minimum atomic E-state index is -3.31. The Kier molecular flexibility index (Phi) is 6.07. The number of likely N-dealkylation sites (N-methyl/N-ethyl adjacent to an activating group) is 1. The molecule has 0 aliphatic rings. The number of amides is 1. The molecule has 172 valence electrons. The van der Waals surface area contributed by atoms with E-state index in [0.29, 0.717) is 17.9 Å². The van der Waals surface area contributed by atoms with Gasteiger partial charge in [-0.15, -0.1) is 0 Å². The molecule has 0 saturated carbocycles. The lowest BCUT2D eigenvalue weighted by molar-refractivity contribution is -0.131. The molecular weight excluding hydrogens is 438 g/mol. The van der Waals surface area contributed by atoms with Crippen LogP contribution < -0.4 is 0 Å². The van der Waals surface area contributed by atoms with Gasteiger partial charge in [-0.1, -0.05) is 30.3 Å². The largest absolute Gasteiger partial charge is 0.340 e. The normalized spacial score (nSPS) is 11.8. The molecule has 2 heterocycles. The number of nitrogens with zero attached hydrogens (tertiary/aromatic N) is 5. The average molecular weight is 466 g/mol. The van der Waals surface area contributed by atoms with E-state index in [2.05, 4.69) is 10.1 Å². The molecule has 2 aromatic heterocycles. The lowest BCUT2D eigenvalue weighted by Gasteiger charge is -2.19. The van der Waals surface area contributed by atoms with Crippen molar-refractivity contribution in [1.29, 1.82) is 0 Å². The number of sulfone groups is 1. The Balaban J connectivity index is 1.59. The minimum absolute atomic E-state index is 0.00673. The van der Waals surface area contributed by atoms with Crippen LogP contribution in [0.15, 0.2) is 54.6 Å². The van der Waals surface area contributed by atoms with Crippen LogP contribution in [0.25, 0.3) is 16.7 Å². The van der Waals surface area contributed by atoms with Crippen molar-refractivity contribution in [3.05, 3.63) is 77.4 Å². The number of carbonyl (C=O) groups excluding carboxylic acids is 1. The summed E-state index contributed by atoms with van der Waals surface area (Å²) in [6, 6.07) is 17.2. The number of aryl methyl sites for hydroxylation is 1. The van der Waals surface area contributed by atoms with Crippen molar-refractivity contribution in [3.8, 4) is 5.69 Å². The van der Waals surface area contributed by atoms with Crippen molar-refractivity contribution in [2.45, 2.75) is 32.7 Å². The monoisotopic (exact) mass is 465 g/mol. The lowest BCUT2D eigenvalue weighted by Crippen LogP contribution is -2.31. The fraction of sp³-hybridized carbons (Fsp3) is 0.292. The third kappa shape index (κ3) is 4.83. The number of aromatic nitrogens is 4. The Labute approximate surface area is 193 Å². The Morgan fingerprint density at radius 3 is 2.39 bits per heavy atom. The summed E-state index contributed by atoms with van der Waals surface area (Å²) in [7, 11) is -1.56. The van der Waals surface area contributed by atoms with E-state index >= 15 is 0 Å². The van der Waals surface area contributed by atoms with E-state index in [4.69, 9.17) is 0 Å². The standard InChI is InChI=1S/C24H27N5O3S/c1-17-20(18(2)29(26-17)19-10-6-5-7-11-19)14-27(3)24(30)15-28-22-13-9-8-12-21(22)25-23(28)16-33(4,31)32/h5-13H,14-16H2,1-4H3. The van der Waals surface area contributed by atoms with Gasteiger partial charge in [0, 0.05) is 31.1 Å². The van der Waals surface area contributed by atoms with Gasteiger partial charge in [0.05, 0.1) is 22.4 Å². The Hall–Kier alpha value is -3.46. The molecule has 8 nitrogen and oxygen atoms in total. The van der Waals surface area contributed by atoms with Crippen molar-refractivity contribution in [2.24, 2.45) is 0 Å². The van der Waals surface area contributed by atoms with Crippen molar-refractivity contribution in [2.75, 3.05) is 13.3 Å². The minimum Gasteiger partial charge on any atom is -0.340 e. The second kappa shape index (κ2) is 8.82. The van der Waals surface area contributed by atoms with Gasteiger partial charge >= 0.3 is 0 Å². The fourth-order valence-electron chi connectivity index (χ4n) is 3.95. The fourth-order valence-corrected chi connectivity index (χ4v) is 4.64. The zero-order valence-corrected chi connectivity index (χ0v) is 20.0. The maximum Gasteiger partial charge on any atom is 0.242 e. The first-order valence-corrected chi connectivity index (χ1v) is 12.7. The number of benzene rings is 2. The van der Waals surface area contributed by atoms with Gasteiger partial charge in [0.2, 0.25) is 5.91 Å². The van der Waals surface area contributed by atoms with Gasteiger partial charge in [0.25, 0.3) is 0 Å². The summed E-state index contributed by atoms with van der Waals surface area (Å²) in [6.45, 7) is 4.34. The van der Waals surface area contributed by atoms with E-state index in [9.17, 15) is 13.2 Å². The van der Waals surface area contributed by atoms with E-state index in [1.54, 1.807) is 16.5 Å². The molecule has 1 amide bonds. The summed E-state index contributed by atoms with van der Waals surface area (Å²) < 4.78 is 27.4. The molecule has 0 atom stereocenters. The molecule has 0 aliphatic carbocycles. The highest BCUT2D eigenvalue weighted by atomic mass is 32.2. The van der Waals surface area contributed by atoms with Crippen molar-refractivity contribution in [1.82, 2.24) is 24.2 Å². The number of hydrogen-bond acceptors (Lipinski definition) is 5. The van der Waals surface area contributed by atoms with Crippen LogP contribution >= 0.6 is 0 Å². The van der Waals surface area contributed by atoms with E-state index in [0.717, 1.165) is 28.2 Å². The van der Waals surface area contributed by atoms with Crippen LogP contribution in [-0.4, -0.2) is 51.9 Å². The number of carbonyl (C=O) groups is 1. The zero-order chi connectivity index (χ0) is 23.8. The summed E-state index contributed by atoms with van der Waals surface area (Å²) >= 11 is 0. The number of hydrogen-bond donors (Lipinski definition) is 0. The Morgan fingerprint density at radius 2 is 1.70 bits per heavy atom. The number of fused-ring (bicyclic) bond motifs is 1. The summed E-state index contributed by atoms with van der Waals surface area (Å²) in [4.78, 5) is 19.3. The molecule has 0 spiro atoms. The molecule has 0 bridgehead atoms. The van der Waals surface area contributed by atoms with Crippen LogP contribution in [0, 0.1) is 13.8 Å². The van der Waals surface area contributed by atoms with Gasteiger partial charge in [-0.05, 0) is 38.1 Å². The molecular formula is C24H27N5O3S. The van der Waals surface area contributed by atoms with E-state index in [1.807, 2.05) is 73.1 Å². The predicted molar refractivity (Wildman–Crippen MR) is 128 cm³/mol. The first-order chi connectivity index (χ1) is 15.6. The van der Waals surface area contributed by atoms with Crippen LogP contribution in [-0.2, 0) is 33.5 Å². The molecule has 4 aromatic rings. The molecule has 9 heteroatoms. The summed E-state index contributed by atoms with van der Waals surface area (Å²) in [5, 5.41) is 4.66. The Bertz CT molecular complexity index is 1420. The van der Waals surface area contributed by atoms with Crippen LogP contribution in [0.1, 0.15) is 22.8 Å². The second-order valence-electron chi connectivity index (χ2n) is 8.32. The van der Waals surface area contributed by atoms with Crippen LogP contribution in [0.4, 0.5) is 0 Å². The summed E-state index contributed by atoms with van der Waals surface area (Å²) in [5.41, 5.74) is 5.20. The molecule has 0 radical (unpaired) electrons. The Morgan fingerprint density at radius 1 is 1.03 bits per heavy atom. The van der Waals surface area contributed by atoms with Crippen LogP contribution in [0.2, 0.25) is 0 Å². The maximum absolute atomic E-state index is 13.2. The molecule has 2 aromatic carbocycles. The predicted octanol–water partition coefficient (Wildman–Crippen LogP) is 3.04. The number of rotatable bonds is 7. The second-order valence-corrected chi connectivity index (χ2v) is 10.5. The van der Waals surface area contributed by atoms with E-state index in [-0.39, 0.29) is 18.2 Å². The smallest absolute Gasteiger partial charge is 0.242 e. The van der Waals surface area contributed by atoms with Gasteiger partial charge in [-0.3, -0.25) is 4.79 Å². The molecule has 0 aliphatic heterocycles. The van der Waals surface area contributed by atoms with Gasteiger partial charge < -0.3 is 9.47 Å². The highest BCUT2D eigenvalue weighted by molar-refractivity contribution is 7.89. The number of para-hydroxylation sites is 3. The quantitative estimate of drug-likeness (QED) is 0.418. The number of imidazole rings is 1. The van der Waals surface area contributed by atoms with E-state index in [1.165, 1.54) is 6.26 Å². The van der Waals surface area contributed by atoms with Gasteiger partial charge in [-0.25, -0.2) is 18.1 Å². The first-order valence-electron chi connectivity index (χ1n) is 10.6. The van der Waals surface area contributed by atoms with Crippen LogP contribution in [0.5, 0.6) is 0 Å². The first kappa shape index (κ1) is 22.7. The molecule has 0 saturated heterocycles. The topological polar surface area (TPSA) is 90.1 Å². The summed E-state index contributed by atoms with van der Waals surface area (Å²) in [6.07, 6.45) is 1.17. The molecule has 0 N–H and O–H groups in total. The van der Waals surface area contributed by atoms with Crippen molar-refractivity contribution < 1.29 is 13.2 Å². The molecule has 33 heavy (non-hydrogen) atoms. The van der Waals surface area contributed by atoms with E-state index < -0.39 is 9.84 Å². The van der Waals surface area contributed by atoms with Crippen molar-refractivity contribution >= 4 is 26.8 Å². The highest BCUT2D eigenvalue weighted by Crippen LogP contribution is 2.21. The molecule has 0 unspecified atom stereocenters.